The molecule has 0 aliphatic carbocycles. The molecule has 0 spiro atoms. The van der Waals surface area contributed by atoms with Gasteiger partial charge in [-0.15, -0.1) is 0 Å². The molecule has 0 saturated carbocycles. The van der Waals surface area contributed by atoms with Crippen LogP contribution in [0.15, 0.2) is 12.1 Å². The van der Waals surface area contributed by atoms with Crippen LogP contribution in [0.25, 0.3) is 0 Å². The van der Waals surface area contributed by atoms with Gasteiger partial charge in [0.05, 0.1) is 10.5 Å². The van der Waals surface area contributed by atoms with Gasteiger partial charge < -0.3 is 4.90 Å². The molecule has 1 heterocycles. The second kappa shape index (κ2) is 5.79. The van der Waals surface area contributed by atoms with Crippen LogP contribution in [0.3, 0.4) is 0 Å². The van der Waals surface area contributed by atoms with Gasteiger partial charge in [-0.2, -0.15) is 0 Å². The molecule has 1 amide bonds. The maximum Gasteiger partial charge on any atom is 0.270 e. The first-order valence-corrected chi connectivity index (χ1v) is 7.08. The number of halogens is 1. The maximum atomic E-state index is 14.2. The number of non-ortho nitro benzene ring substituents is 1. The second-order valence-electron chi connectivity index (χ2n) is 5.83. The first kappa shape index (κ1) is 15.4. The fourth-order valence-corrected chi connectivity index (χ4v) is 2.90. The lowest BCUT2D eigenvalue weighted by atomic mass is 10.0. The van der Waals surface area contributed by atoms with Crippen LogP contribution in [0.2, 0.25) is 0 Å². The monoisotopic (exact) mass is 294 g/mol. The van der Waals surface area contributed by atoms with Crippen molar-refractivity contribution in [1.29, 1.82) is 0 Å². The van der Waals surface area contributed by atoms with Gasteiger partial charge in [0.25, 0.3) is 11.6 Å². The summed E-state index contributed by atoms with van der Waals surface area (Å²) in [5.41, 5.74) is -0.334. The van der Waals surface area contributed by atoms with Crippen molar-refractivity contribution >= 4 is 11.6 Å². The average Bonchev–Trinajstić information content (AvgIpc) is 2.90. The molecular weight excluding hydrogens is 275 g/mol. The van der Waals surface area contributed by atoms with Gasteiger partial charge in [0.15, 0.2) is 0 Å². The van der Waals surface area contributed by atoms with E-state index in [1.165, 1.54) is 6.92 Å². The van der Waals surface area contributed by atoms with E-state index in [9.17, 15) is 19.3 Å². The fraction of sp³-hybridized carbons (Fsp3) is 0.533. The summed E-state index contributed by atoms with van der Waals surface area (Å²) in [4.78, 5) is 24.5. The molecule has 6 heteroatoms. The number of amides is 1. The van der Waals surface area contributed by atoms with Crippen molar-refractivity contribution in [2.24, 2.45) is 5.92 Å². The summed E-state index contributed by atoms with van der Waals surface area (Å²) in [6.45, 7) is 6.04. The van der Waals surface area contributed by atoms with Crippen molar-refractivity contribution in [1.82, 2.24) is 4.90 Å². The lowest BCUT2D eigenvalue weighted by Gasteiger charge is -2.28. The van der Waals surface area contributed by atoms with Gasteiger partial charge in [-0.05, 0) is 31.2 Å². The Morgan fingerprint density at radius 3 is 2.71 bits per heavy atom. The fourth-order valence-electron chi connectivity index (χ4n) is 2.90. The van der Waals surface area contributed by atoms with Crippen LogP contribution in [0, 0.1) is 28.8 Å². The number of carbonyl (C=O) groups excluding carboxylic acids is 1. The van der Waals surface area contributed by atoms with Crippen molar-refractivity contribution < 1.29 is 14.1 Å². The Balaban J connectivity index is 2.41. The van der Waals surface area contributed by atoms with Gasteiger partial charge in [0, 0.05) is 24.7 Å². The van der Waals surface area contributed by atoms with Crippen molar-refractivity contribution in [3.63, 3.8) is 0 Å². The van der Waals surface area contributed by atoms with Crippen LogP contribution in [-0.4, -0.2) is 28.3 Å². The minimum atomic E-state index is -0.667. The summed E-state index contributed by atoms with van der Waals surface area (Å²) in [7, 11) is 0. The summed E-state index contributed by atoms with van der Waals surface area (Å²) < 4.78 is 14.2. The van der Waals surface area contributed by atoms with Crippen molar-refractivity contribution in [3.05, 3.63) is 39.2 Å². The van der Waals surface area contributed by atoms with E-state index in [0.29, 0.717) is 6.54 Å². The number of carbonyl (C=O) groups is 1. The van der Waals surface area contributed by atoms with Crippen molar-refractivity contribution in [3.8, 4) is 0 Å². The second-order valence-corrected chi connectivity index (χ2v) is 5.83. The third kappa shape index (κ3) is 2.89. The first-order chi connectivity index (χ1) is 9.82. The van der Waals surface area contributed by atoms with Crippen LogP contribution in [0.4, 0.5) is 10.1 Å². The average molecular weight is 294 g/mol. The Morgan fingerprint density at radius 2 is 2.14 bits per heavy atom. The van der Waals surface area contributed by atoms with E-state index < -0.39 is 16.6 Å². The van der Waals surface area contributed by atoms with E-state index in [0.717, 1.165) is 25.0 Å². The molecule has 1 saturated heterocycles. The van der Waals surface area contributed by atoms with E-state index in [2.05, 4.69) is 0 Å². The summed E-state index contributed by atoms with van der Waals surface area (Å²) in [6, 6.07) is 2.26. The van der Waals surface area contributed by atoms with Gasteiger partial charge in [-0.1, -0.05) is 13.8 Å². The Bertz CT molecular complexity index is 587. The highest BCUT2D eigenvalue weighted by atomic mass is 19.1. The molecule has 1 aromatic rings. The van der Waals surface area contributed by atoms with Gasteiger partial charge in [-0.3, -0.25) is 14.9 Å². The molecule has 1 atom stereocenters. The standard InChI is InChI=1S/C15H19FN2O3/c1-9(2)13-5-4-6-17(13)15(19)12-8-11(18(20)21)7-10(3)14(12)16/h7-9,13H,4-6H2,1-3H3. The molecule has 21 heavy (non-hydrogen) atoms. The van der Waals surface area contributed by atoms with Crippen molar-refractivity contribution in [2.75, 3.05) is 6.54 Å². The largest absolute Gasteiger partial charge is 0.335 e. The number of hydrogen-bond donors (Lipinski definition) is 0. The number of benzene rings is 1. The number of nitro groups is 1. The van der Waals surface area contributed by atoms with Crippen molar-refractivity contribution in [2.45, 2.75) is 39.7 Å². The highest BCUT2D eigenvalue weighted by Crippen LogP contribution is 2.28. The highest BCUT2D eigenvalue weighted by Gasteiger charge is 2.33. The third-order valence-electron chi connectivity index (χ3n) is 4.01. The first-order valence-electron chi connectivity index (χ1n) is 7.08. The van der Waals surface area contributed by atoms with E-state index >= 15 is 0 Å². The number of nitro benzene ring substituents is 1. The van der Waals surface area contributed by atoms with Crippen LogP contribution in [0.1, 0.15) is 42.6 Å². The van der Waals surface area contributed by atoms with Crippen LogP contribution in [-0.2, 0) is 0 Å². The molecule has 5 nitrogen and oxygen atoms in total. The minimum Gasteiger partial charge on any atom is -0.335 e. The predicted molar refractivity (Wildman–Crippen MR) is 76.7 cm³/mol. The van der Waals surface area contributed by atoms with E-state index in [1.807, 2.05) is 13.8 Å². The SMILES string of the molecule is Cc1cc([N+](=O)[O-])cc(C(=O)N2CCCC2C(C)C)c1F. The van der Waals surface area contributed by atoms with Gasteiger partial charge >= 0.3 is 0 Å². The topological polar surface area (TPSA) is 63.5 Å². The summed E-state index contributed by atoms with van der Waals surface area (Å²) in [5.74, 6) is -0.838. The molecule has 1 fully saturated rings. The highest BCUT2D eigenvalue weighted by molar-refractivity contribution is 5.95. The van der Waals surface area contributed by atoms with E-state index in [1.54, 1.807) is 4.90 Å². The molecule has 2 rings (SSSR count). The normalized spacial score (nSPS) is 18.3. The Morgan fingerprint density at radius 1 is 1.48 bits per heavy atom. The van der Waals surface area contributed by atoms with Crippen LogP contribution >= 0.6 is 0 Å². The number of aryl methyl sites for hydroxylation is 1. The Hall–Kier alpha value is -1.98. The summed E-state index contributed by atoms with van der Waals surface area (Å²) in [6.07, 6.45) is 1.77. The third-order valence-corrected chi connectivity index (χ3v) is 4.01. The zero-order valence-corrected chi connectivity index (χ0v) is 12.4. The zero-order valence-electron chi connectivity index (χ0n) is 12.4. The number of nitrogens with zero attached hydrogens (tertiary/aromatic N) is 2. The van der Waals surface area contributed by atoms with Crippen LogP contribution in [0.5, 0.6) is 0 Å². The molecule has 0 bridgehead atoms. The van der Waals surface area contributed by atoms with Gasteiger partial charge in [0.1, 0.15) is 5.82 Å². The Kier molecular flexibility index (Phi) is 4.25. The molecule has 0 N–H and O–H groups in total. The maximum absolute atomic E-state index is 14.2. The predicted octanol–water partition coefficient (Wildman–Crippen LogP) is 3.30. The molecule has 114 valence electrons. The van der Waals surface area contributed by atoms with Gasteiger partial charge in [0.2, 0.25) is 0 Å². The molecular formula is C15H19FN2O3. The molecule has 1 aromatic carbocycles. The number of hydrogen-bond acceptors (Lipinski definition) is 3. The lowest BCUT2D eigenvalue weighted by Crippen LogP contribution is -2.39. The lowest BCUT2D eigenvalue weighted by molar-refractivity contribution is -0.385. The van der Waals surface area contributed by atoms with E-state index in [4.69, 9.17) is 0 Å². The molecule has 1 aliphatic rings. The molecule has 0 aromatic heterocycles. The zero-order chi connectivity index (χ0) is 15.7. The Labute approximate surface area is 122 Å². The summed E-state index contributed by atoms with van der Waals surface area (Å²) in [5, 5.41) is 10.9. The van der Waals surface area contributed by atoms with E-state index in [-0.39, 0.29) is 28.8 Å². The smallest absolute Gasteiger partial charge is 0.270 e. The minimum absolute atomic E-state index is 0.0662. The number of rotatable bonds is 3. The molecule has 1 aliphatic heterocycles. The summed E-state index contributed by atoms with van der Waals surface area (Å²) >= 11 is 0. The quantitative estimate of drug-likeness (QED) is 0.634. The molecule has 0 radical (unpaired) electrons. The van der Waals surface area contributed by atoms with Crippen LogP contribution < -0.4 is 0 Å². The molecule has 1 unspecified atom stereocenters. The van der Waals surface area contributed by atoms with Gasteiger partial charge in [-0.25, -0.2) is 4.39 Å². The number of likely N-dealkylation sites (tertiary alicyclic amines) is 1.